The van der Waals surface area contributed by atoms with Gasteiger partial charge in [0.05, 0.1) is 6.61 Å². The summed E-state index contributed by atoms with van der Waals surface area (Å²) in [7, 11) is -3.54. The predicted octanol–water partition coefficient (Wildman–Crippen LogP) is 0.511. The second kappa shape index (κ2) is 8.14. The summed E-state index contributed by atoms with van der Waals surface area (Å²) in [5, 5.41) is -0.820. The van der Waals surface area contributed by atoms with E-state index in [9.17, 15) is 13.2 Å². The maximum atomic E-state index is 12.9. The number of nitrogens with one attached hydrogen (secondary N) is 2. The Morgan fingerprint density at radius 3 is 2.56 bits per heavy atom. The second-order valence-electron chi connectivity index (χ2n) is 6.97. The molecule has 2 fully saturated rings. The van der Waals surface area contributed by atoms with Crippen LogP contribution in [0, 0.1) is 13.8 Å². The van der Waals surface area contributed by atoms with Crippen LogP contribution in [-0.2, 0) is 19.6 Å². The van der Waals surface area contributed by atoms with E-state index < -0.39 is 27.4 Å². The van der Waals surface area contributed by atoms with Gasteiger partial charge in [0.2, 0.25) is 10.0 Å². The summed E-state index contributed by atoms with van der Waals surface area (Å²) in [4.78, 5) is 14.0. The van der Waals surface area contributed by atoms with Gasteiger partial charge in [-0.1, -0.05) is 12.1 Å². The molecule has 0 radical (unpaired) electrons. The Bertz CT molecular complexity index is 791. The van der Waals surface area contributed by atoms with Crippen LogP contribution in [0.15, 0.2) is 18.2 Å². The zero-order valence-corrected chi connectivity index (χ0v) is 16.9. The Balaban J connectivity index is 1.62. The predicted molar refractivity (Wildman–Crippen MR) is 104 cm³/mol. The quantitative estimate of drug-likeness (QED) is 0.701. The van der Waals surface area contributed by atoms with Crippen molar-refractivity contribution in [1.29, 1.82) is 0 Å². The highest BCUT2D eigenvalue weighted by molar-refractivity contribution is 7.89. The zero-order valence-electron chi connectivity index (χ0n) is 16.1. The van der Waals surface area contributed by atoms with Crippen LogP contribution in [0.5, 0.6) is 0 Å². The summed E-state index contributed by atoms with van der Waals surface area (Å²) in [6.07, 6.45) is 0.165. The maximum Gasteiger partial charge on any atom is 0.324 e. The Morgan fingerprint density at radius 2 is 1.89 bits per heavy atom. The topological polar surface area (TPSA) is 91.0 Å². The smallest absolute Gasteiger partial charge is 0.324 e. The lowest BCUT2D eigenvalue weighted by Crippen LogP contribution is -2.53. The molecule has 150 valence electrons. The van der Waals surface area contributed by atoms with Gasteiger partial charge in [-0.25, -0.2) is 19.3 Å². The first-order chi connectivity index (χ1) is 12.8. The molecule has 3 rings (SSSR count). The fourth-order valence-electron chi connectivity index (χ4n) is 3.56. The summed E-state index contributed by atoms with van der Waals surface area (Å²) >= 11 is 0. The first-order valence-corrected chi connectivity index (χ1v) is 10.8. The number of aryl methyl sites for hydroxylation is 1. The SMILES string of the molecule is CCOC(=O)C1CC(S(=O)(=O)N2CCN(c3cccc(C)c3C)CC2)NN1. The Kier molecular flexibility index (Phi) is 6.05. The van der Waals surface area contributed by atoms with Gasteiger partial charge in [-0.3, -0.25) is 4.79 Å². The van der Waals surface area contributed by atoms with Crippen LogP contribution < -0.4 is 15.8 Å². The van der Waals surface area contributed by atoms with Crippen LogP contribution >= 0.6 is 0 Å². The van der Waals surface area contributed by atoms with Gasteiger partial charge in [-0.05, 0) is 38.0 Å². The lowest BCUT2D eigenvalue weighted by molar-refractivity contribution is -0.145. The maximum absolute atomic E-state index is 12.9. The fraction of sp³-hybridized carbons (Fsp3) is 0.611. The molecule has 1 aromatic rings. The average molecular weight is 397 g/mol. The number of hydrogen-bond acceptors (Lipinski definition) is 7. The molecule has 1 aromatic carbocycles. The number of benzene rings is 1. The van der Waals surface area contributed by atoms with E-state index in [1.165, 1.54) is 15.4 Å². The van der Waals surface area contributed by atoms with Gasteiger partial charge < -0.3 is 9.64 Å². The minimum absolute atomic E-state index is 0.165. The zero-order chi connectivity index (χ0) is 19.6. The number of anilines is 1. The molecule has 2 saturated heterocycles. The third-order valence-electron chi connectivity index (χ3n) is 5.31. The molecule has 2 aliphatic rings. The minimum Gasteiger partial charge on any atom is -0.465 e. The summed E-state index contributed by atoms with van der Waals surface area (Å²) in [5.41, 5.74) is 9.11. The molecule has 2 heterocycles. The fourth-order valence-corrected chi connectivity index (χ4v) is 5.25. The molecule has 0 amide bonds. The van der Waals surface area contributed by atoms with E-state index >= 15 is 0 Å². The van der Waals surface area contributed by atoms with Crippen LogP contribution in [0.3, 0.4) is 0 Å². The van der Waals surface area contributed by atoms with Crippen molar-refractivity contribution in [1.82, 2.24) is 15.2 Å². The summed E-state index contributed by atoms with van der Waals surface area (Å²) in [5.74, 6) is -0.428. The first-order valence-electron chi connectivity index (χ1n) is 9.32. The highest BCUT2D eigenvalue weighted by Gasteiger charge is 2.41. The summed E-state index contributed by atoms with van der Waals surface area (Å²) in [6.45, 7) is 8.32. The molecular formula is C18H28N4O4S. The average Bonchev–Trinajstić information content (AvgIpc) is 3.15. The lowest BCUT2D eigenvalue weighted by Gasteiger charge is -2.37. The van der Waals surface area contributed by atoms with E-state index in [0.717, 1.165) is 5.69 Å². The van der Waals surface area contributed by atoms with E-state index in [1.54, 1.807) is 6.92 Å². The van der Waals surface area contributed by atoms with Crippen LogP contribution in [0.4, 0.5) is 5.69 Å². The normalized spacial score (nSPS) is 24.2. The molecule has 2 N–H and O–H groups in total. The van der Waals surface area contributed by atoms with E-state index in [4.69, 9.17) is 4.74 Å². The number of nitrogens with zero attached hydrogens (tertiary/aromatic N) is 2. The van der Waals surface area contributed by atoms with Crippen molar-refractivity contribution in [3.8, 4) is 0 Å². The van der Waals surface area contributed by atoms with E-state index in [2.05, 4.69) is 41.7 Å². The van der Waals surface area contributed by atoms with Gasteiger partial charge in [0.15, 0.2) is 0 Å². The molecule has 8 nitrogen and oxygen atoms in total. The van der Waals surface area contributed by atoms with E-state index in [-0.39, 0.29) is 13.0 Å². The molecule has 9 heteroatoms. The van der Waals surface area contributed by atoms with Gasteiger partial charge >= 0.3 is 5.97 Å². The molecule has 2 aliphatic heterocycles. The summed E-state index contributed by atoms with van der Waals surface area (Å²) in [6, 6.07) is 5.56. The number of sulfonamides is 1. The molecular weight excluding hydrogens is 368 g/mol. The standard InChI is InChI=1S/C18H28N4O4S/c1-4-26-18(23)15-12-17(20-19-15)27(24,25)22-10-8-21(9-11-22)16-7-5-6-13(2)14(16)3/h5-7,15,17,19-20H,4,8-12H2,1-3H3. The van der Waals surface area contributed by atoms with Gasteiger partial charge in [-0.15, -0.1) is 0 Å². The van der Waals surface area contributed by atoms with Crippen molar-refractivity contribution in [2.45, 2.75) is 38.6 Å². The van der Waals surface area contributed by atoms with Crippen LogP contribution in [0.25, 0.3) is 0 Å². The van der Waals surface area contributed by atoms with Crippen molar-refractivity contribution >= 4 is 21.7 Å². The Labute approximate surface area is 160 Å². The van der Waals surface area contributed by atoms with Crippen molar-refractivity contribution < 1.29 is 17.9 Å². The molecule has 0 spiro atoms. The van der Waals surface area contributed by atoms with Crippen molar-refractivity contribution in [3.63, 3.8) is 0 Å². The second-order valence-corrected chi connectivity index (χ2v) is 9.08. The Morgan fingerprint density at radius 1 is 1.19 bits per heavy atom. The third-order valence-corrected chi connectivity index (χ3v) is 7.43. The highest BCUT2D eigenvalue weighted by atomic mass is 32.2. The number of hydrazine groups is 1. The van der Waals surface area contributed by atoms with Gasteiger partial charge in [0, 0.05) is 38.3 Å². The molecule has 0 aliphatic carbocycles. The first kappa shape index (κ1) is 20.1. The van der Waals surface area contributed by atoms with Crippen LogP contribution in [-0.4, -0.2) is 62.9 Å². The number of hydrogen-bond donors (Lipinski definition) is 2. The van der Waals surface area contributed by atoms with Gasteiger partial charge in [0.25, 0.3) is 0 Å². The number of ether oxygens (including phenoxy) is 1. The Hall–Kier alpha value is -1.68. The molecule has 27 heavy (non-hydrogen) atoms. The highest BCUT2D eigenvalue weighted by Crippen LogP contribution is 2.25. The number of carbonyl (C=O) groups excluding carboxylic acids is 1. The molecule has 2 unspecified atom stereocenters. The summed E-state index contributed by atoms with van der Waals surface area (Å²) < 4.78 is 32.3. The van der Waals surface area contributed by atoms with Crippen LogP contribution in [0.2, 0.25) is 0 Å². The number of esters is 1. The van der Waals surface area contributed by atoms with Crippen molar-refractivity contribution in [2.75, 3.05) is 37.7 Å². The van der Waals surface area contributed by atoms with Gasteiger partial charge in [0.1, 0.15) is 11.4 Å². The van der Waals surface area contributed by atoms with Crippen molar-refractivity contribution in [3.05, 3.63) is 29.3 Å². The lowest BCUT2D eigenvalue weighted by atomic mass is 10.1. The van der Waals surface area contributed by atoms with E-state index in [1.807, 2.05) is 6.07 Å². The molecule has 0 saturated carbocycles. The number of rotatable bonds is 5. The van der Waals surface area contributed by atoms with E-state index in [0.29, 0.717) is 26.2 Å². The monoisotopic (exact) mass is 396 g/mol. The number of piperazine rings is 1. The van der Waals surface area contributed by atoms with Gasteiger partial charge in [-0.2, -0.15) is 4.31 Å². The minimum atomic E-state index is -3.54. The van der Waals surface area contributed by atoms with Crippen molar-refractivity contribution in [2.24, 2.45) is 0 Å². The largest absolute Gasteiger partial charge is 0.465 e. The molecule has 0 aromatic heterocycles. The third kappa shape index (κ3) is 4.11. The van der Waals surface area contributed by atoms with Crippen LogP contribution in [0.1, 0.15) is 24.5 Å². The number of carbonyl (C=O) groups is 1. The molecule has 2 atom stereocenters. The molecule has 0 bridgehead atoms.